The maximum Gasteiger partial charge on any atom is 0.347 e. The summed E-state index contributed by atoms with van der Waals surface area (Å²) in [4.78, 5) is 29.6. The van der Waals surface area contributed by atoms with Gasteiger partial charge >= 0.3 is 5.97 Å². The average molecular weight is 415 g/mol. The van der Waals surface area contributed by atoms with E-state index in [9.17, 15) is 14.7 Å². The Bertz CT molecular complexity index is 850. The Hall–Kier alpha value is -2.51. The summed E-state index contributed by atoms with van der Waals surface area (Å²) in [5, 5.41) is 20.1. The largest absolute Gasteiger partial charge is 0.477 e. The van der Waals surface area contributed by atoms with Gasteiger partial charge in [0.15, 0.2) is 0 Å². The van der Waals surface area contributed by atoms with E-state index in [2.05, 4.69) is 4.98 Å². The van der Waals surface area contributed by atoms with Crippen LogP contribution in [0.15, 0.2) is 48.7 Å². The zero-order valence-corrected chi connectivity index (χ0v) is 17.1. The van der Waals surface area contributed by atoms with Gasteiger partial charge in [-0.3, -0.25) is 4.79 Å². The van der Waals surface area contributed by atoms with Crippen molar-refractivity contribution in [1.82, 2.24) is 9.88 Å². The van der Waals surface area contributed by atoms with Crippen LogP contribution in [0.1, 0.15) is 45.9 Å². The number of hydrogen-bond acceptors (Lipinski definition) is 5. The topological polar surface area (TPSA) is 90.7 Å². The molecule has 0 bridgehead atoms. The van der Waals surface area contributed by atoms with Crippen molar-refractivity contribution in [3.05, 3.63) is 64.1 Å². The Balaban J connectivity index is 1.53. The van der Waals surface area contributed by atoms with E-state index in [0.717, 1.165) is 29.8 Å². The summed E-state index contributed by atoms with van der Waals surface area (Å²) >= 11 is 1.18. The third kappa shape index (κ3) is 6.24. The molecule has 2 heterocycles. The van der Waals surface area contributed by atoms with E-state index in [1.54, 1.807) is 6.08 Å². The standard InChI is InChI=1S/C22H26N2O4S/c25-18(14-16-6-2-1-3-7-16)12-11-17-8-4-10-21(26)24(17)13-5-9-20-23-15-19(29-20)22(27)28/h1-3,6-7,11-12,15,17-18,25H,4-5,8-10,13-14H2,(H,27,28)/b12-11+/t17-,18-/m1/s1. The first-order valence-electron chi connectivity index (χ1n) is 9.90. The molecule has 0 saturated carbocycles. The van der Waals surface area contributed by atoms with Crippen LogP contribution in [0.2, 0.25) is 0 Å². The summed E-state index contributed by atoms with van der Waals surface area (Å²) in [5.41, 5.74) is 1.07. The average Bonchev–Trinajstić information content (AvgIpc) is 3.18. The van der Waals surface area contributed by atoms with Gasteiger partial charge in [-0.1, -0.05) is 42.5 Å². The fourth-order valence-corrected chi connectivity index (χ4v) is 4.34. The molecule has 0 aliphatic carbocycles. The Labute approximate surface area is 174 Å². The molecule has 0 radical (unpaired) electrons. The summed E-state index contributed by atoms with van der Waals surface area (Å²) in [5.74, 6) is -0.826. The van der Waals surface area contributed by atoms with Crippen LogP contribution in [-0.2, 0) is 17.6 Å². The maximum atomic E-state index is 12.4. The minimum Gasteiger partial charge on any atom is -0.477 e. The van der Waals surface area contributed by atoms with Crippen molar-refractivity contribution < 1.29 is 19.8 Å². The fourth-order valence-electron chi connectivity index (χ4n) is 3.54. The second kappa shape index (κ2) is 10.3. The minimum atomic E-state index is -0.959. The van der Waals surface area contributed by atoms with Crippen LogP contribution in [0.25, 0.3) is 0 Å². The number of carbonyl (C=O) groups is 2. The Morgan fingerprint density at radius 1 is 1.34 bits per heavy atom. The van der Waals surface area contributed by atoms with Crippen molar-refractivity contribution in [3.63, 3.8) is 0 Å². The lowest BCUT2D eigenvalue weighted by Crippen LogP contribution is -2.43. The van der Waals surface area contributed by atoms with Crippen LogP contribution < -0.4 is 0 Å². The van der Waals surface area contributed by atoms with Gasteiger partial charge in [-0.2, -0.15) is 0 Å². The van der Waals surface area contributed by atoms with Crippen LogP contribution in [0.4, 0.5) is 0 Å². The van der Waals surface area contributed by atoms with Gasteiger partial charge in [-0.25, -0.2) is 9.78 Å². The summed E-state index contributed by atoms with van der Waals surface area (Å²) in [6.45, 7) is 0.602. The number of thiazole rings is 1. The lowest BCUT2D eigenvalue weighted by Gasteiger charge is -2.34. The molecule has 1 aromatic heterocycles. The molecule has 1 amide bonds. The smallest absolute Gasteiger partial charge is 0.347 e. The van der Waals surface area contributed by atoms with Gasteiger partial charge in [0.25, 0.3) is 0 Å². The molecule has 0 unspecified atom stereocenters. The van der Waals surface area contributed by atoms with Crippen molar-refractivity contribution in [2.45, 2.75) is 50.7 Å². The quantitative estimate of drug-likeness (QED) is 0.615. The molecule has 2 N–H and O–H groups in total. The number of carboxylic acid groups (broad SMARTS) is 1. The van der Waals surface area contributed by atoms with Gasteiger partial charge in [0.1, 0.15) is 4.88 Å². The van der Waals surface area contributed by atoms with Crippen molar-refractivity contribution >= 4 is 23.2 Å². The lowest BCUT2D eigenvalue weighted by molar-refractivity contribution is -0.135. The van der Waals surface area contributed by atoms with Crippen LogP contribution in [-0.4, -0.2) is 50.7 Å². The number of hydrogen-bond donors (Lipinski definition) is 2. The molecule has 1 aliphatic heterocycles. The monoisotopic (exact) mass is 414 g/mol. The van der Waals surface area contributed by atoms with Crippen molar-refractivity contribution in [2.24, 2.45) is 0 Å². The van der Waals surface area contributed by atoms with Gasteiger partial charge < -0.3 is 15.1 Å². The maximum absolute atomic E-state index is 12.4. The number of benzene rings is 1. The molecule has 0 spiro atoms. The number of piperidine rings is 1. The third-order valence-electron chi connectivity index (χ3n) is 5.01. The predicted octanol–water partition coefficient (Wildman–Crippen LogP) is 3.31. The van der Waals surface area contributed by atoms with Gasteiger partial charge in [-0.05, 0) is 24.8 Å². The minimum absolute atomic E-state index is 0.00690. The lowest BCUT2D eigenvalue weighted by atomic mass is 9.99. The molecule has 7 heteroatoms. The number of aliphatic hydroxyl groups is 1. The molecule has 1 aromatic carbocycles. The first-order valence-corrected chi connectivity index (χ1v) is 10.7. The van der Waals surface area contributed by atoms with Crippen LogP contribution in [0.3, 0.4) is 0 Å². The first kappa shape index (κ1) is 21.2. The van der Waals surface area contributed by atoms with E-state index in [-0.39, 0.29) is 16.8 Å². The van der Waals surface area contributed by atoms with Crippen LogP contribution >= 0.6 is 11.3 Å². The van der Waals surface area contributed by atoms with E-state index >= 15 is 0 Å². The zero-order valence-electron chi connectivity index (χ0n) is 16.2. The van der Waals surface area contributed by atoms with Crippen LogP contribution in [0, 0.1) is 0 Å². The van der Waals surface area contributed by atoms with E-state index < -0.39 is 12.1 Å². The van der Waals surface area contributed by atoms with E-state index in [1.807, 2.05) is 41.3 Å². The number of rotatable bonds is 9. The van der Waals surface area contributed by atoms with Gasteiger partial charge in [0.05, 0.1) is 23.4 Å². The molecule has 6 nitrogen and oxygen atoms in total. The highest BCUT2D eigenvalue weighted by Gasteiger charge is 2.26. The third-order valence-corrected chi connectivity index (χ3v) is 6.05. The molecule has 1 fully saturated rings. The number of carboxylic acids is 1. The number of aryl methyl sites for hydroxylation is 1. The number of likely N-dealkylation sites (tertiary alicyclic amines) is 1. The van der Waals surface area contributed by atoms with E-state index in [4.69, 9.17) is 5.11 Å². The molecule has 2 atom stereocenters. The van der Waals surface area contributed by atoms with E-state index in [0.29, 0.717) is 25.8 Å². The van der Waals surface area contributed by atoms with Gasteiger partial charge in [0, 0.05) is 25.8 Å². The van der Waals surface area contributed by atoms with E-state index in [1.165, 1.54) is 17.5 Å². The number of nitrogens with zero attached hydrogens (tertiary/aromatic N) is 2. The highest BCUT2D eigenvalue weighted by atomic mass is 32.1. The fraction of sp³-hybridized carbons (Fsp3) is 0.409. The molecular formula is C22H26N2O4S. The summed E-state index contributed by atoms with van der Waals surface area (Å²) < 4.78 is 0. The molecule has 29 heavy (non-hydrogen) atoms. The van der Waals surface area contributed by atoms with Gasteiger partial charge in [0.2, 0.25) is 5.91 Å². The van der Waals surface area contributed by atoms with Gasteiger partial charge in [-0.15, -0.1) is 11.3 Å². The SMILES string of the molecule is O=C(O)c1cnc(CCCN2C(=O)CCC[C@@H]2/C=C/[C@@H](O)Cc2ccccc2)s1. The number of aromatic carboxylic acids is 1. The number of carbonyl (C=O) groups excluding carboxylic acids is 1. The normalized spacial score (nSPS) is 18.3. The Morgan fingerprint density at radius 3 is 2.86 bits per heavy atom. The predicted molar refractivity (Wildman–Crippen MR) is 112 cm³/mol. The second-order valence-electron chi connectivity index (χ2n) is 7.22. The zero-order chi connectivity index (χ0) is 20.6. The summed E-state index contributed by atoms with van der Waals surface area (Å²) in [6.07, 6.45) is 8.78. The van der Waals surface area contributed by atoms with Crippen molar-refractivity contribution in [2.75, 3.05) is 6.54 Å². The number of aliphatic hydroxyl groups excluding tert-OH is 1. The first-order chi connectivity index (χ1) is 14.0. The molecule has 1 aliphatic rings. The molecule has 3 rings (SSSR count). The highest BCUT2D eigenvalue weighted by Crippen LogP contribution is 2.21. The molecule has 2 aromatic rings. The van der Waals surface area contributed by atoms with Crippen molar-refractivity contribution in [3.8, 4) is 0 Å². The molecule has 1 saturated heterocycles. The Kier molecular flexibility index (Phi) is 7.55. The number of amides is 1. The highest BCUT2D eigenvalue weighted by molar-refractivity contribution is 7.13. The summed E-state index contributed by atoms with van der Waals surface area (Å²) in [7, 11) is 0. The van der Waals surface area contributed by atoms with Crippen LogP contribution in [0.5, 0.6) is 0 Å². The molecular weight excluding hydrogens is 388 g/mol. The molecule has 154 valence electrons. The summed E-state index contributed by atoms with van der Waals surface area (Å²) in [6, 6.07) is 9.83. The number of aromatic nitrogens is 1. The second-order valence-corrected chi connectivity index (χ2v) is 8.33. The Morgan fingerprint density at radius 2 is 2.14 bits per heavy atom. The van der Waals surface area contributed by atoms with Crippen molar-refractivity contribution in [1.29, 1.82) is 0 Å².